The quantitative estimate of drug-likeness (QED) is 0.226. The van der Waals surface area contributed by atoms with Crippen LogP contribution in [0.15, 0.2) is 0 Å². The maximum Gasteiger partial charge on any atom is 0.217 e. The fourth-order valence-corrected chi connectivity index (χ4v) is 2.97. The number of carbonyl (C=O) groups is 1. The van der Waals surface area contributed by atoms with E-state index in [1.54, 1.807) is 0 Å². The van der Waals surface area contributed by atoms with Crippen LogP contribution in [0.3, 0.4) is 0 Å². The molecule has 2 fully saturated rings. The summed E-state index contributed by atoms with van der Waals surface area (Å²) >= 11 is 0. The molecule has 10 atom stereocenters. The molecule has 0 aromatic heterocycles. The van der Waals surface area contributed by atoms with E-state index in [1.165, 1.54) is 0 Å². The molecule has 2 aliphatic heterocycles. The normalized spacial score (nSPS) is 46.8. The van der Waals surface area contributed by atoms with Crippen LogP contribution in [-0.2, 0) is 19.0 Å². The van der Waals surface area contributed by atoms with Gasteiger partial charge in [-0.1, -0.05) is 0 Å². The van der Waals surface area contributed by atoms with Gasteiger partial charge in [-0.2, -0.15) is 0 Å². The molecule has 0 aromatic rings. The van der Waals surface area contributed by atoms with Crippen molar-refractivity contribution in [3.8, 4) is 0 Å². The summed E-state index contributed by atoms with van der Waals surface area (Å²) in [6.45, 7) is -0.195. The predicted molar refractivity (Wildman–Crippen MR) is 80.2 cm³/mol. The van der Waals surface area contributed by atoms with E-state index in [0.717, 1.165) is 6.92 Å². The summed E-state index contributed by atoms with van der Waals surface area (Å²) in [7, 11) is 0. The van der Waals surface area contributed by atoms with Gasteiger partial charge in [0.15, 0.2) is 12.6 Å². The Morgan fingerprint density at radius 1 is 0.923 bits per heavy atom. The first-order valence-corrected chi connectivity index (χ1v) is 8.06. The summed E-state index contributed by atoms with van der Waals surface area (Å²) < 4.78 is 15.7. The van der Waals surface area contributed by atoms with Gasteiger partial charge in [-0.05, 0) is 0 Å². The Bertz CT molecular complexity index is 478. The summed E-state index contributed by atoms with van der Waals surface area (Å²) in [5, 5.41) is 70.7. The number of hydrogen-bond acceptors (Lipinski definition) is 11. The van der Waals surface area contributed by atoms with E-state index in [9.17, 15) is 40.5 Å². The summed E-state index contributed by atoms with van der Waals surface area (Å²) in [4.78, 5) is 11.4. The lowest BCUT2D eigenvalue weighted by atomic mass is 9.95. The van der Waals surface area contributed by atoms with Gasteiger partial charge in [-0.15, -0.1) is 0 Å². The number of rotatable bonds is 5. The molecule has 0 unspecified atom stereocenters. The molecule has 0 bridgehead atoms. The zero-order valence-electron chi connectivity index (χ0n) is 14.0. The minimum Gasteiger partial charge on any atom is -0.394 e. The van der Waals surface area contributed by atoms with Crippen LogP contribution in [0, 0.1) is 0 Å². The van der Waals surface area contributed by atoms with Crippen molar-refractivity contribution < 1.29 is 54.8 Å². The molecule has 0 spiro atoms. The van der Waals surface area contributed by atoms with Gasteiger partial charge in [0.2, 0.25) is 5.91 Å². The second-order valence-corrected chi connectivity index (χ2v) is 6.26. The van der Waals surface area contributed by atoms with Gasteiger partial charge >= 0.3 is 0 Å². The van der Waals surface area contributed by atoms with Crippen LogP contribution in [0.1, 0.15) is 6.92 Å². The number of hydrogen-bond donors (Lipinski definition) is 8. The highest BCUT2D eigenvalue weighted by Crippen LogP contribution is 2.28. The van der Waals surface area contributed by atoms with Gasteiger partial charge in [0.05, 0.1) is 13.2 Å². The Hall–Kier alpha value is -0.930. The van der Waals surface area contributed by atoms with Crippen molar-refractivity contribution in [3.05, 3.63) is 0 Å². The lowest BCUT2D eigenvalue weighted by molar-refractivity contribution is -0.341. The zero-order valence-corrected chi connectivity index (χ0v) is 14.0. The SMILES string of the molecule is CC(=O)N[C@@H]1[C@H](O[C@@H]2O[C@@H](CO)[C@H](O)[C@@H](O)[C@H]2O)[C@@H](O)[C@@H](CO)O[C@@H]1O. The molecule has 0 saturated carbocycles. The molecule has 1 amide bonds. The van der Waals surface area contributed by atoms with Crippen LogP contribution in [0.4, 0.5) is 0 Å². The van der Waals surface area contributed by atoms with Crippen molar-refractivity contribution in [2.24, 2.45) is 0 Å². The highest BCUT2D eigenvalue weighted by Gasteiger charge is 2.50. The zero-order chi connectivity index (χ0) is 19.6. The van der Waals surface area contributed by atoms with E-state index in [0.29, 0.717) is 0 Å². The number of carbonyl (C=O) groups excluding carboxylic acids is 1. The number of nitrogens with one attached hydrogen (secondary N) is 1. The second kappa shape index (κ2) is 8.84. The van der Waals surface area contributed by atoms with E-state index in [-0.39, 0.29) is 0 Å². The lowest BCUT2D eigenvalue weighted by Crippen LogP contribution is -2.67. The molecule has 2 aliphatic rings. The second-order valence-electron chi connectivity index (χ2n) is 6.26. The van der Waals surface area contributed by atoms with Crippen molar-refractivity contribution in [1.29, 1.82) is 0 Å². The summed E-state index contributed by atoms with van der Waals surface area (Å²) in [5.74, 6) is -0.574. The Labute approximate surface area is 148 Å². The van der Waals surface area contributed by atoms with Crippen LogP contribution in [0.5, 0.6) is 0 Å². The van der Waals surface area contributed by atoms with Crippen LogP contribution in [-0.4, -0.2) is 116 Å². The van der Waals surface area contributed by atoms with Gasteiger partial charge in [0, 0.05) is 6.92 Å². The van der Waals surface area contributed by atoms with Crippen molar-refractivity contribution in [2.75, 3.05) is 13.2 Å². The predicted octanol–water partition coefficient (Wildman–Crippen LogP) is -5.25. The molecule has 0 aromatic carbocycles. The van der Waals surface area contributed by atoms with Crippen molar-refractivity contribution in [2.45, 2.75) is 68.3 Å². The number of amides is 1. The minimum absolute atomic E-state index is 0.574. The van der Waals surface area contributed by atoms with Gasteiger partial charge in [0.25, 0.3) is 0 Å². The fraction of sp³-hybridized carbons (Fsp3) is 0.929. The third kappa shape index (κ3) is 4.31. The molecule has 0 aliphatic carbocycles. The first kappa shape index (κ1) is 21.4. The summed E-state index contributed by atoms with van der Waals surface area (Å²) in [6, 6.07) is -1.28. The molecule has 26 heavy (non-hydrogen) atoms. The fourth-order valence-electron chi connectivity index (χ4n) is 2.97. The number of aliphatic hydroxyl groups excluding tert-OH is 7. The molecule has 12 heteroatoms. The van der Waals surface area contributed by atoms with Crippen molar-refractivity contribution >= 4 is 5.91 Å². The smallest absolute Gasteiger partial charge is 0.217 e. The summed E-state index contributed by atoms with van der Waals surface area (Å²) in [5.41, 5.74) is 0. The van der Waals surface area contributed by atoms with Gasteiger partial charge in [-0.3, -0.25) is 4.79 Å². The Kier molecular flexibility index (Phi) is 7.27. The standard InChI is InChI=1S/C14H25NO11/c1-4(18)15-7-12(9(20)6(3-17)24-13(7)23)26-14-11(22)10(21)8(19)5(2-16)25-14/h5-14,16-17,19-23H,2-3H2,1H3,(H,15,18)/t5-,6+,7+,8-,9-,10+,11+,12-,13-,14-/m0/s1. The first-order valence-electron chi connectivity index (χ1n) is 8.06. The Balaban J connectivity index is 2.21. The van der Waals surface area contributed by atoms with E-state index in [1.807, 2.05) is 0 Å². The van der Waals surface area contributed by atoms with Gasteiger partial charge in [-0.25, -0.2) is 0 Å². The molecule has 12 nitrogen and oxygen atoms in total. The van der Waals surface area contributed by atoms with Gasteiger partial charge < -0.3 is 55.3 Å². The number of ether oxygens (including phenoxy) is 3. The molecule has 8 N–H and O–H groups in total. The maximum absolute atomic E-state index is 11.4. The average Bonchev–Trinajstić information content (AvgIpc) is 2.60. The molecule has 2 saturated heterocycles. The molecular weight excluding hydrogens is 358 g/mol. The van der Waals surface area contributed by atoms with E-state index >= 15 is 0 Å². The molecule has 2 heterocycles. The van der Waals surface area contributed by atoms with Crippen molar-refractivity contribution in [1.82, 2.24) is 5.32 Å². The Morgan fingerprint density at radius 3 is 2.04 bits per heavy atom. The van der Waals surface area contributed by atoms with Crippen LogP contribution >= 0.6 is 0 Å². The maximum atomic E-state index is 11.4. The highest BCUT2D eigenvalue weighted by atomic mass is 16.7. The molecule has 2 rings (SSSR count). The molecule has 152 valence electrons. The lowest BCUT2D eigenvalue weighted by Gasteiger charge is -2.46. The monoisotopic (exact) mass is 383 g/mol. The highest BCUT2D eigenvalue weighted by molar-refractivity contribution is 5.73. The van der Waals surface area contributed by atoms with Crippen molar-refractivity contribution in [3.63, 3.8) is 0 Å². The largest absolute Gasteiger partial charge is 0.394 e. The first-order chi connectivity index (χ1) is 12.2. The van der Waals surface area contributed by atoms with Crippen LogP contribution in [0.25, 0.3) is 0 Å². The minimum atomic E-state index is -1.74. The van der Waals surface area contributed by atoms with E-state index in [2.05, 4.69) is 5.32 Å². The van der Waals surface area contributed by atoms with E-state index < -0.39 is 80.5 Å². The molecular formula is C14H25NO11. The third-order valence-electron chi connectivity index (χ3n) is 4.38. The van der Waals surface area contributed by atoms with Crippen LogP contribution in [0.2, 0.25) is 0 Å². The average molecular weight is 383 g/mol. The van der Waals surface area contributed by atoms with Gasteiger partial charge in [0.1, 0.15) is 48.8 Å². The van der Waals surface area contributed by atoms with E-state index in [4.69, 9.17) is 14.2 Å². The Morgan fingerprint density at radius 2 is 1.50 bits per heavy atom. The summed E-state index contributed by atoms with van der Waals surface area (Å²) in [6.07, 6.45) is -13.7. The molecule has 0 radical (unpaired) electrons. The third-order valence-corrected chi connectivity index (χ3v) is 4.38. The topological polar surface area (TPSA) is 198 Å². The number of aliphatic hydroxyl groups is 7. The van der Waals surface area contributed by atoms with Crippen LogP contribution < -0.4 is 5.32 Å².